The molecule has 0 saturated carbocycles. The van der Waals surface area contributed by atoms with Crippen molar-refractivity contribution in [1.82, 2.24) is 9.55 Å². The van der Waals surface area contributed by atoms with Crippen LogP contribution >= 0.6 is 0 Å². The molecule has 9 nitrogen and oxygen atoms in total. The molecule has 2 N–H and O–H groups in total. The lowest BCUT2D eigenvalue weighted by molar-refractivity contribution is -0.200. The zero-order chi connectivity index (χ0) is 16.1. The summed E-state index contributed by atoms with van der Waals surface area (Å²) in [4.78, 5) is 36.4. The fraction of sp³-hybridized carbons (Fsp3) is 0.615. The Hall–Kier alpha value is -1.81. The predicted molar refractivity (Wildman–Crippen MR) is 71.5 cm³/mol. The molecule has 2 aliphatic heterocycles. The van der Waals surface area contributed by atoms with Crippen LogP contribution in [0, 0.1) is 0 Å². The Morgan fingerprint density at radius 3 is 2.68 bits per heavy atom. The molecule has 0 amide bonds. The van der Waals surface area contributed by atoms with E-state index in [1.54, 1.807) is 13.8 Å². The Morgan fingerprint density at radius 2 is 2.05 bits per heavy atom. The predicted octanol–water partition coefficient (Wildman–Crippen LogP) is -1.24. The second-order valence-electron chi connectivity index (χ2n) is 5.68. The van der Waals surface area contributed by atoms with Gasteiger partial charge >= 0.3 is 5.69 Å². The van der Waals surface area contributed by atoms with E-state index < -0.39 is 41.6 Å². The van der Waals surface area contributed by atoms with Crippen LogP contribution in [-0.2, 0) is 14.2 Å². The van der Waals surface area contributed by atoms with Crippen LogP contribution in [-0.4, -0.2) is 51.6 Å². The van der Waals surface area contributed by atoms with Crippen molar-refractivity contribution in [3.63, 3.8) is 0 Å². The summed E-state index contributed by atoms with van der Waals surface area (Å²) in [7, 11) is 0. The highest BCUT2D eigenvalue weighted by atomic mass is 16.8. The van der Waals surface area contributed by atoms with Gasteiger partial charge in [-0.1, -0.05) is 0 Å². The van der Waals surface area contributed by atoms with Gasteiger partial charge in [0.05, 0.1) is 12.2 Å². The van der Waals surface area contributed by atoms with Gasteiger partial charge in [-0.3, -0.25) is 19.1 Å². The molecule has 120 valence electrons. The van der Waals surface area contributed by atoms with Gasteiger partial charge in [0.1, 0.15) is 18.3 Å². The van der Waals surface area contributed by atoms with E-state index in [2.05, 4.69) is 4.98 Å². The molecule has 2 aliphatic rings. The van der Waals surface area contributed by atoms with Crippen LogP contribution in [0.4, 0.5) is 0 Å². The lowest BCUT2D eigenvalue weighted by atomic mass is 10.1. The summed E-state index contributed by atoms with van der Waals surface area (Å²) < 4.78 is 18.1. The number of nitrogens with one attached hydrogen (secondary N) is 1. The maximum Gasteiger partial charge on any atom is 0.330 e. The Bertz CT molecular complexity index is 707. The quantitative estimate of drug-likeness (QED) is 0.670. The van der Waals surface area contributed by atoms with E-state index >= 15 is 0 Å². The molecule has 0 aromatic carbocycles. The highest BCUT2D eigenvalue weighted by Gasteiger charge is 2.55. The van der Waals surface area contributed by atoms with Gasteiger partial charge in [0, 0.05) is 6.20 Å². The number of carbonyl (C=O) groups excluding carboxylic acids is 1. The van der Waals surface area contributed by atoms with Crippen LogP contribution in [0.2, 0.25) is 0 Å². The summed E-state index contributed by atoms with van der Waals surface area (Å²) in [6, 6.07) is 0. The van der Waals surface area contributed by atoms with E-state index in [-0.39, 0.29) is 12.2 Å². The van der Waals surface area contributed by atoms with Gasteiger partial charge in [-0.25, -0.2) is 4.79 Å². The fourth-order valence-electron chi connectivity index (χ4n) is 2.80. The number of fused-ring (bicyclic) bond motifs is 1. The summed E-state index contributed by atoms with van der Waals surface area (Å²) in [6.45, 7) is 3.11. The van der Waals surface area contributed by atoms with Gasteiger partial charge in [-0.15, -0.1) is 0 Å². The first kappa shape index (κ1) is 15.1. The van der Waals surface area contributed by atoms with Gasteiger partial charge in [0.2, 0.25) is 0 Å². The molecule has 2 saturated heterocycles. The lowest BCUT2D eigenvalue weighted by Crippen LogP contribution is -2.38. The van der Waals surface area contributed by atoms with Crippen LogP contribution < -0.4 is 11.2 Å². The molecule has 4 atom stereocenters. The first-order valence-electron chi connectivity index (χ1n) is 6.79. The fourth-order valence-corrected chi connectivity index (χ4v) is 2.80. The molecule has 1 aromatic heterocycles. The van der Waals surface area contributed by atoms with Crippen LogP contribution in [0.5, 0.6) is 0 Å². The van der Waals surface area contributed by atoms with Crippen molar-refractivity contribution >= 4 is 6.29 Å². The first-order chi connectivity index (χ1) is 10.4. The third-order valence-electron chi connectivity index (χ3n) is 3.70. The number of nitrogens with zero attached hydrogens (tertiary/aromatic N) is 1. The number of aliphatic hydroxyl groups is 1. The number of hydrogen-bond acceptors (Lipinski definition) is 7. The van der Waals surface area contributed by atoms with Crippen molar-refractivity contribution in [1.29, 1.82) is 0 Å². The van der Waals surface area contributed by atoms with Gasteiger partial charge in [-0.05, 0) is 13.8 Å². The third kappa shape index (κ3) is 2.31. The molecular formula is C13H16N2O7. The number of aldehydes is 1. The number of H-pyrrole nitrogens is 1. The maximum absolute atomic E-state index is 12.0. The molecule has 9 heteroatoms. The number of ether oxygens (including phenoxy) is 3. The van der Waals surface area contributed by atoms with Crippen molar-refractivity contribution in [2.45, 2.75) is 44.2 Å². The molecule has 0 radical (unpaired) electrons. The minimum absolute atomic E-state index is 0.203. The third-order valence-corrected chi connectivity index (χ3v) is 3.70. The molecule has 3 rings (SSSR count). The Balaban J connectivity index is 2.03. The van der Waals surface area contributed by atoms with Crippen molar-refractivity contribution in [3.8, 4) is 0 Å². The topological polar surface area (TPSA) is 120 Å². The molecule has 2 fully saturated rings. The summed E-state index contributed by atoms with van der Waals surface area (Å²) in [5.41, 5.74) is -1.70. The average molecular weight is 312 g/mol. The van der Waals surface area contributed by atoms with Gasteiger partial charge in [0.25, 0.3) is 5.56 Å². The zero-order valence-electron chi connectivity index (χ0n) is 12.0. The Morgan fingerprint density at radius 1 is 1.36 bits per heavy atom. The molecule has 0 spiro atoms. The summed E-state index contributed by atoms with van der Waals surface area (Å²) in [6.07, 6.45) is -1.31. The van der Waals surface area contributed by atoms with E-state index in [0.717, 1.165) is 10.8 Å². The van der Waals surface area contributed by atoms with Gasteiger partial charge < -0.3 is 19.3 Å². The lowest BCUT2D eigenvalue weighted by Gasteiger charge is -2.24. The van der Waals surface area contributed by atoms with Crippen LogP contribution in [0.25, 0.3) is 0 Å². The minimum Gasteiger partial charge on any atom is -0.394 e. The molecule has 1 aromatic rings. The van der Waals surface area contributed by atoms with E-state index in [9.17, 15) is 19.5 Å². The van der Waals surface area contributed by atoms with E-state index in [0.29, 0.717) is 6.29 Å². The number of aromatic nitrogens is 2. The first-order valence-corrected chi connectivity index (χ1v) is 6.79. The van der Waals surface area contributed by atoms with Crippen molar-refractivity contribution in [2.75, 3.05) is 6.61 Å². The monoisotopic (exact) mass is 312 g/mol. The van der Waals surface area contributed by atoms with Crippen molar-refractivity contribution in [3.05, 3.63) is 32.6 Å². The Kier molecular flexibility index (Phi) is 3.52. The van der Waals surface area contributed by atoms with Crippen LogP contribution in [0.15, 0.2) is 15.8 Å². The average Bonchev–Trinajstić information content (AvgIpc) is 2.92. The smallest absolute Gasteiger partial charge is 0.330 e. The molecule has 0 aliphatic carbocycles. The molecular weight excluding hydrogens is 296 g/mol. The zero-order valence-corrected chi connectivity index (χ0v) is 12.0. The van der Waals surface area contributed by atoms with Gasteiger partial charge in [-0.2, -0.15) is 0 Å². The minimum atomic E-state index is -0.910. The number of hydrogen-bond donors (Lipinski definition) is 2. The van der Waals surface area contributed by atoms with Crippen LogP contribution in [0.1, 0.15) is 30.4 Å². The molecule has 22 heavy (non-hydrogen) atoms. The summed E-state index contributed by atoms with van der Waals surface area (Å²) in [5, 5.41) is 9.40. The number of carbonyl (C=O) groups is 1. The van der Waals surface area contributed by atoms with E-state index in [1.807, 2.05) is 0 Å². The molecule has 0 unspecified atom stereocenters. The largest absolute Gasteiger partial charge is 0.394 e. The normalized spacial score (nSPS) is 32.9. The highest BCUT2D eigenvalue weighted by Crippen LogP contribution is 2.42. The number of aliphatic hydroxyl groups excluding tert-OH is 1. The van der Waals surface area contributed by atoms with Crippen molar-refractivity contribution in [2.24, 2.45) is 0 Å². The van der Waals surface area contributed by atoms with E-state index in [4.69, 9.17) is 14.2 Å². The SMILES string of the molecule is CC1(C)O[C@@H]2[C@H](O1)[C@@H](CO)O[C@H]2n1cc(C=O)c(=O)[nH]c1=O. The van der Waals surface area contributed by atoms with Crippen LogP contribution in [0.3, 0.4) is 0 Å². The Labute approximate surface area is 124 Å². The summed E-state index contributed by atoms with van der Waals surface area (Å²) in [5.74, 6) is -0.885. The van der Waals surface area contributed by atoms with Crippen molar-refractivity contribution < 1.29 is 24.1 Å². The maximum atomic E-state index is 12.0. The highest BCUT2D eigenvalue weighted by molar-refractivity contribution is 5.73. The number of rotatable bonds is 3. The summed E-state index contributed by atoms with van der Waals surface area (Å²) >= 11 is 0. The standard InChI is InChI=1S/C13H16N2O7/c1-13(2)21-8-7(5-17)20-11(9(8)22-13)15-3-6(4-16)10(18)14-12(15)19/h3-4,7-9,11,17H,5H2,1-2H3,(H,14,18,19)/t7-,8-,9-,11-/m1/s1. The second kappa shape index (κ2) is 5.13. The van der Waals surface area contributed by atoms with Gasteiger partial charge in [0.15, 0.2) is 18.3 Å². The number of aromatic amines is 1. The molecule has 3 heterocycles. The second-order valence-corrected chi connectivity index (χ2v) is 5.68. The van der Waals surface area contributed by atoms with E-state index in [1.165, 1.54) is 0 Å². The molecule has 0 bridgehead atoms.